The maximum Gasteiger partial charge on any atom is 0.152 e. The number of hydrogen-bond donors (Lipinski definition) is 0. The highest BCUT2D eigenvalue weighted by molar-refractivity contribution is 5.86. The number of hydrogen-bond acceptors (Lipinski definition) is 2. The molecule has 0 aromatic carbocycles. The van der Waals surface area contributed by atoms with E-state index in [2.05, 4.69) is 27.4 Å². The summed E-state index contributed by atoms with van der Waals surface area (Å²) in [5, 5.41) is 0. The zero-order valence-corrected chi connectivity index (χ0v) is 11.3. The summed E-state index contributed by atoms with van der Waals surface area (Å²) in [4.78, 5) is 19.8. The maximum atomic E-state index is 10.1. The Morgan fingerprint density at radius 1 is 1.00 bits per heavy atom. The van der Waals surface area contributed by atoms with Gasteiger partial charge in [0, 0.05) is 5.92 Å². The lowest BCUT2D eigenvalue weighted by Crippen LogP contribution is -1.98. The van der Waals surface area contributed by atoms with Crippen LogP contribution in [0.25, 0.3) is 0 Å². The lowest BCUT2D eigenvalue weighted by atomic mass is 10.1. The Balaban J connectivity index is -0.0000000668. The summed E-state index contributed by atoms with van der Waals surface area (Å²) in [5.74, 6) is 1.32. The average molecular weight is 230 g/mol. The second-order valence-corrected chi connectivity index (χ2v) is 4.31. The first-order valence-electron chi connectivity index (χ1n) is 5.28. The summed E-state index contributed by atoms with van der Waals surface area (Å²) in [6.07, 6.45) is 1.28. The Morgan fingerprint density at radius 3 is 1.12 bits per heavy atom. The fourth-order valence-corrected chi connectivity index (χ4v) is 0. The topological polar surface area (TPSA) is 34.1 Å². The molecule has 0 aromatic heterocycles. The van der Waals surface area contributed by atoms with E-state index >= 15 is 0 Å². The van der Waals surface area contributed by atoms with Crippen molar-refractivity contribution < 1.29 is 9.59 Å². The first-order valence-corrected chi connectivity index (χ1v) is 5.28. The fourth-order valence-electron chi connectivity index (χ4n) is 0. The molecule has 0 aliphatic carbocycles. The van der Waals surface area contributed by atoms with Gasteiger partial charge in [-0.25, -0.2) is 0 Å². The van der Waals surface area contributed by atoms with Gasteiger partial charge in [0.1, 0.15) is 5.78 Å². The van der Waals surface area contributed by atoms with E-state index in [0.29, 0.717) is 0 Å². The van der Waals surface area contributed by atoms with Crippen LogP contribution >= 0.6 is 0 Å². The Morgan fingerprint density at radius 2 is 1.12 bits per heavy atom. The van der Waals surface area contributed by atoms with Gasteiger partial charge in [-0.2, -0.15) is 0 Å². The van der Waals surface area contributed by atoms with Gasteiger partial charge in [0.15, 0.2) is 5.78 Å². The zero-order chi connectivity index (χ0) is 13.0. The normalized spacial score (nSPS) is 7.81. The Hall–Kier alpha value is -0.920. The molecule has 0 radical (unpaired) electrons. The van der Waals surface area contributed by atoms with Crippen molar-refractivity contribution in [2.24, 2.45) is 11.8 Å². The first-order chi connectivity index (χ1) is 6.64. The molecule has 0 bridgehead atoms. The lowest BCUT2D eigenvalue weighted by Gasteiger charge is -1.90. The molecule has 2 heteroatoms. The van der Waals surface area contributed by atoms with Crippen molar-refractivity contribution in [2.45, 2.75) is 55.9 Å². The molecule has 2 nitrogen and oxygen atoms in total. The van der Waals surface area contributed by atoms with Crippen molar-refractivity contribution in [3.63, 3.8) is 0 Å². The number of Topliss-reactive ketones (excluding diaryl/α,β-unsaturated/α-hetero) is 1. The third-order valence-corrected chi connectivity index (χ3v) is 1.10. The van der Waals surface area contributed by atoms with Gasteiger partial charge in [0.05, 0.1) is 0 Å². The van der Waals surface area contributed by atoms with Crippen LogP contribution in [-0.2, 0) is 9.59 Å². The van der Waals surface area contributed by atoms with E-state index in [-0.39, 0.29) is 24.9 Å². The van der Waals surface area contributed by atoms with Crippen LogP contribution in [0.2, 0.25) is 0 Å². The van der Waals surface area contributed by atoms with Crippen molar-refractivity contribution in [3.8, 4) is 0 Å². The van der Waals surface area contributed by atoms with Crippen LogP contribution in [0.5, 0.6) is 0 Å². The molecule has 0 heterocycles. The van der Waals surface area contributed by atoms with Crippen LogP contribution in [0.15, 0.2) is 12.7 Å². The van der Waals surface area contributed by atoms with Crippen molar-refractivity contribution >= 4 is 11.6 Å². The molecule has 0 aromatic rings. The molecule has 0 aliphatic rings. The summed E-state index contributed by atoms with van der Waals surface area (Å²) in [7, 11) is 0. The molecule has 0 aliphatic heterocycles. The minimum Gasteiger partial charge on any atom is -0.300 e. The van der Waals surface area contributed by atoms with Crippen LogP contribution in [0.4, 0.5) is 0 Å². The average Bonchev–Trinajstić information content (AvgIpc) is 2.04. The number of carbonyl (C=O) groups is 2. The van der Waals surface area contributed by atoms with E-state index in [1.165, 1.54) is 13.0 Å². The summed E-state index contributed by atoms with van der Waals surface area (Å²) >= 11 is 0. The van der Waals surface area contributed by atoms with Gasteiger partial charge in [-0.1, -0.05) is 48.6 Å². The molecule has 0 atom stereocenters. The molecule has 0 rings (SSSR count). The molecule has 0 saturated heterocycles. The van der Waals surface area contributed by atoms with Gasteiger partial charge in [-0.3, -0.25) is 9.59 Å². The number of ketones is 2. The SMILES string of the molecule is C.C=CC(C)=O.CC(=O)C(C)C.CC(C)C. The predicted octanol–water partition coefficient (Wildman–Crippen LogP) is 4.29. The van der Waals surface area contributed by atoms with Crippen molar-refractivity contribution in [1.29, 1.82) is 0 Å². The van der Waals surface area contributed by atoms with Crippen LogP contribution < -0.4 is 0 Å². The zero-order valence-electron chi connectivity index (χ0n) is 11.3. The molecular formula is C14H30O2. The number of rotatable bonds is 2. The Labute approximate surface area is 102 Å². The van der Waals surface area contributed by atoms with Crippen LogP contribution in [-0.4, -0.2) is 11.6 Å². The molecule has 16 heavy (non-hydrogen) atoms. The Kier molecular flexibility index (Phi) is 25.1. The Bertz CT molecular complexity index is 176. The second kappa shape index (κ2) is 16.5. The highest BCUT2D eigenvalue weighted by atomic mass is 16.1. The summed E-state index contributed by atoms with van der Waals surface area (Å²) in [6.45, 7) is 16.6. The van der Waals surface area contributed by atoms with Gasteiger partial charge < -0.3 is 0 Å². The fraction of sp³-hybridized carbons (Fsp3) is 0.714. The molecule has 0 saturated carbocycles. The number of allylic oxidation sites excluding steroid dienone is 1. The summed E-state index contributed by atoms with van der Waals surface area (Å²) in [6, 6.07) is 0. The van der Waals surface area contributed by atoms with Crippen molar-refractivity contribution in [1.82, 2.24) is 0 Å². The highest BCUT2D eigenvalue weighted by Crippen LogP contribution is 1.89. The predicted molar refractivity (Wildman–Crippen MR) is 73.6 cm³/mol. The van der Waals surface area contributed by atoms with E-state index in [9.17, 15) is 9.59 Å². The molecule has 0 unspecified atom stereocenters. The van der Waals surface area contributed by atoms with E-state index in [1.54, 1.807) is 6.92 Å². The van der Waals surface area contributed by atoms with Crippen molar-refractivity contribution in [3.05, 3.63) is 12.7 Å². The molecule has 0 N–H and O–H groups in total. The van der Waals surface area contributed by atoms with Crippen LogP contribution in [0.1, 0.15) is 55.9 Å². The largest absolute Gasteiger partial charge is 0.300 e. The van der Waals surface area contributed by atoms with Gasteiger partial charge in [0.25, 0.3) is 0 Å². The third kappa shape index (κ3) is 74.0. The second-order valence-electron chi connectivity index (χ2n) is 4.31. The lowest BCUT2D eigenvalue weighted by molar-refractivity contribution is -0.119. The monoisotopic (exact) mass is 230 g/mol. The molecule has 0 spiro atoms. The maximum absolute atomic E-state index is 10.1. The summed E-state index contributed by atoms with van der Waals surface area (Å²) in [5.41, 5.74) is 0. The molecule has 0 fully saturated rings. The van der Waals surface area contributed by atoms with Gasteiger partial charge in [0.2, 0.25) is 0 Å². The number of carbonyl (C=O) groups excluding carboxylic acids is 2. The summed E-state index contributed by atoms with van der Waals surface area (Å²) < 4.78 is 0. The smallest absolute Gasteiger partial charge is 0.152 e. The van der Waals surface area contributed by atoms with Crippen LogP contribution in [0, 0.1) is 11.8 Å². The quantitative estimate of drug-likeness (QED) is 0.663. The van der Waals surface area contributed by atoms with E-state index < -0.39 is 0 Å². The first kappa shape index (κ1) is 24.4. The molecule has 98 valence electrons. The minimum atomic E-state index is 0. The highest BCUT2D eigenvalue weighted by Gasteiger charge is 1.95. The van der Waals surface area contributed by atoms with Gasteiger partial charge >= 0.3 is 0 Å². The standard InChI is InChI=1S/C5H10O.C4H6O.C4H10.CH4/c1-4(2)5(3)6;1-3-4(2)5;1-4(2)3;/h4H,1-3H3;3H,1H2,2H3;4H,1-3H3;1H4. The molecular weight excluding hydrogens is 200 g/mol. The third-order valence-electron chi connectivity index (χ3n) is 1.10. The van der Waals surface area contributed by atoms with Gasteiger partial charge in [-0.15, -0.1) is 0 Å². The van der Waals surface area contributed by atoms with Gasteiger partial charge in [-0.05, 0) is 25.8 Å². The van der Waals surface area contributed by atoms with E-state index in [1.807, 2.05) is 13.8 Å². The van der Waals surface area contributed by atoms with E-state index in [4.69, 9.17) is 0 Å². The van der Waals surface area contributed by atoms with Crippen LogP contribution in [0.3, 0.4) is 0 Å². The van der Waals surface area contributed by atoms with Crippen molar-refractivity contribution in [2.75, 3.05) is 0 Å². The minimum absolute atomic E-state index is 0. The van der Waals surface area contributed by atoms with E-state index in [0.717, 1.165) is 5.92 Å². The molecule has 0 amide bonds.